The summed E-state index contributed by atoms with van der Waals surface area (Å²) in [4.78, 5) is 0. The lowest BCUT2D eigenvalue weighted by Crippen LogP contribution is -2.17. The van der Waals surface area contributed by atoms with Gasteiger partial charge in [0, 0.05) is 5.69 Å². The molecule has 98 valence electrons. The van der Waals surface area contributed by atoms with Crippen LogP contribution in [0.5, 0.6) is 0 Å². The second-order valence-corrected chi connectivity index (χ2v) is 3.05. The molecule has 0 amide bonds. The number of benzene rings is 1. The lowest BCUT2D eigenvalue weighted by Gasteiger charge is -2.39. The highest BCUT2D eigenvalue weighted by molar-refractivity contribution is 5.73. The smallest absolute Gasteiger partial charge is 0.416 e. The van der Waals surface area contributed by atoms with Crippen molar-refractivity contribution in [3.63, 3.8) is 0 Å². The van der Waals surface area contributed by atoms with E-state index in [1.165, 1.54) is 6.07 Å². The minimum atomic E-state index is -4.93. The maximum Gasteiger partial charge on any atom is 0.416 e. The fraction of sp³-hybridized carbons (Fsp3) is 0.125. The van der Waals surface area contributed by atoms with Crippen molar-refractivity contribution in [3.8, 4) is 6.07 Å². The third kappa shape index (κ3) is 2.60. The van der Waals surface area contributed by atoms with Crippen LogP contribution >= 0.6 is 0 Å². The number of nitriles is 1. The van der Waals surface area contributed by atoms with E-state index in [2.05, 4.69) is 0 Å². The summed E-state index contributed by atoms with van der Waals surface area (Å²) in [6, 6.07) is 1.59. The van der Waals surface area contributed by atoms with Crippen LogP contribution in [0.25, 0.3) is 0 Å². The van der Waals surface area contributed by atoms with Gasteiger partial charge in [-0.25, -0.2) is 0 Å². The predicted octanol–water partition coefficient (Wildman–Crippen LogP) is 1.96. The number of alkyl halides is 3. The van der Waals surface area contributed by atoms with E-state index >= 15 is 0 Å². The third-order valence-electron chi connectivity index (χ3n) is 1.95. The van der Waals surface area contributed by atoms with Gasteiger partial charge in [-0.1, -0.05) is 0 Å². The van der Waals surface area contributed by atoms with Crippen LogP contribution in [-0.4, -0.2) is 10.4 Å². The molecule has 0 aliphatic heterocycles. The van der Waals surface area contributed by atoms with Gasteiger partial charge < -0.3 is 15.6 Å². The summed E-state index contributed by atoms with van der Waals surface area (Å²) in [5.74, 6) is 0. The zero-order chi connectivity index (χ0) is 14.1. The molecule has 7 nitrogen and oxygen atoms in total. The summed E-state index contributed by atoms with van der Waals surface area (Å²) in [5, 5.41) is 45.0. The van der Waals surface area contributed by atoms with Crippen LogP contribution in [0.1, 0.15) is 11.1 Å². The van der Waals surface area contributed by atoms with Crippen molar-refractivity contribution in [2.75, 3.05) is 10.5 Å². The molecule has 1 aromatic carbocycles. The van der Waals surface area contributed by atoms with Gasteiger partial charge in [-0.05, 0) is 12.1 Å². The topological polar surface area (TPSA) is 117 Å². The van der Waals surface area contributed by atoms with Crippen molar-refractivity contribution < 1.29 is 23.6 Å². The van der Waals surface area contributed by atoms with Crippen LogP contribution < -0.4 is 10.5 Å². The molecule has 0 fully saturated rings. The van der Waals surface area contributed by atoms with Gasteiger partial charge in [0.2, 0.25) is 0 Å². The third-order valence-corrected chi connectivity index (χ3v) is 1.95. The maximum absolute atomic E-state index is 12.4. The zero-order valence-corrected chi connectivity index (χ0v) is 8.34. The molecule has 1 rings (SSSR count). The van der Waals surface area contributed by atoms with Crippen molar-refractivity contribution in [2.24, 2.45) is 0 Å². The van der Waals surface area contributed by atoms with Gasteiger partial charge in [-0.2, -0.15) is 18.4 Å². The van der Waals surface area contributed by atoms with Gasteiger partial charge in [0.1, 0.15) is 17.3 Å². The van der Waals surface area contributed by atoms with E-state index in [9.17, 15) is 23.6 Å². The van der Waals surface area contributed by atoms with E-state index in [0.717, 1.165) is 0 Å². The molecule has 0 radical (unpaired) electrons. The van der Waals surface area contributed by atoms with Crippen molar-refractivity contribution in [3.05, 3.63) is 33.7 Å². The SMILES string of the molecule is N#Cc1c(N([O-])[O-])cc(C(F)(F)F)cc1N(O)O. The average Bonchev–Trinajstić information content (AvgIpc) is 2.25. The first-order chi connectivity index (χ1) is 8.18. The van der Waals surface area contributed by atoms with Crippen LogP contribution in [0, 0.1) is 21.7 Å². The van der Waals surface area contributed by atoms with E-state index < -0.39 is 39.1 Å². The Morgan fingerprint density at radius 1 is 1.17 bits per heavy atom. The summed E-state index contributed by atoms with van der Waals surface area (Å²) in [7, 11) is 0. The Kier molecular flexibility index (Phi) is 3.63. The molecule has 0 bridgehead atoms. The summed E-state index contributed by atoms with van der Waals surface area (Å²) in [5.41, 5.74) is -4.57. The lowest BCUT2D eigenvalue weighted by molar-refractivity contribution is -0.137. The van der Waals surface area contributed by atoms with Gasteiger partial charge in [-0.15, -0.1) is 5.23 Å². The van der Waals surface area contributed by atoms with Gasteiger partial charge in [-0.3, -0.25) is 10.4 Å². The predicted molar refractivity (Wildman–Crippen MR) is 51.4 cm³/mol. The highest BCUT2D eigenvalue weighted by Crippen LogP contribution is 2.37. The molecular weight excluding hydrogens is 259 g/mol. The average molecular weight is 263 g/mol. The van der Waals surface area contributed by atoms with Crippen LogP contribution in [0.2, 0.25) is 0 Å². The summed E-state index contributed by atoms with van der Waals surface area (Å²) in [6.07, 6.45) is -4.93. The van der Waals surface area contributed by atoms with E-state index in [0.29, 0.717) is 0 Å². The van der Waals surface area contributed by atoms with E-state index in [1.807, 2.05) is 0 Å². The Hall–Kier alpha value is -2.06. The summed E-state index contributed by atoms with van der Waals surface area (Å²) < 4.78 is 37.3. The van der Waals surface area contributed by atoms with Gasteiger partial charge in [0.25, 0.3) is 0 Å². The van der Waals surface area contributed by atoms with Crippen LogP contribution in [0.4, 0.5) is 24.5 Å². The quantitative estimate of drug-likeness (QED) is 0.783. The fourth-order valence-electron chi connectivity index (χ4n) is 1.19. The molecule has 0 atom stereocenters. The van der Waals surface area contributed by atoms with Crippen LogP contribution in [0.15, 0.2) is 12.1 Å². The molecule has 0 spiro atoms. The first kappa shape index (κ1) is 14.0. The Labute approximate surface area is 97.6 Å². The lowest BCUT2D eigenvalue weighted by atomic mass is 10.1. The maximum atomic E-state index is 12.4. The highest BCUT2D eigenvalue weighted by atomic mass is 19.4. The Morgan fingerprint density at radius 2 is 1.67 bits per heavy atom. The monoisotopic (exact) mass is 263 g/mol. The molecule has 2 N–H and O–H groups in total. The summed E-state index contributed by atoms with van der Waals surface area (Å²) in [6.45, 7) is 0. The Morgan fingerprint density at radius 3 is 2.00 bits per heavy atom. The Bertz CT molecular complexity index is 466. The van der Waals surface area contributed by atoms with Crippen molar-refractivity contribution in [1.82, 2.24) is 0 Å². The minimum absolute atomic E-state index is 0.144. The molecule has 0 saturated heterocycles. The normalized spacial score (nSPS) is 11.0. The zero-order valence-electron chi connectivity index (χ0n) is 8.34. The van der Waals surface area contributed by atoms with Gasteiger partial charge >= 0.3 is 6.18 Å². The van der Waals surface area contributed by atoms with Gasteiger partial charge in [0.05, 0.1) is 5.56 Å². The molecule has 0 unspecified atom stereocenters. The molecule has 10 heteroatoms. The van der Waals surface area contributed by atoms with Crippen LogP contribution in [-0.2, 0) is 6.18 Å². The molecular formula is C8H4F3N3O4-2. The van der Waals surface area contributed by atoms with Gasteiger partial charge in [0.15, 0.2) is 0 Å². The second-order valence-electron chi connectivity index (χ2n) is 3.05. The molecule has 1 aromatic rings. The highest BCUT2D eigenvalue weighted by Gasteiger charge is 2.33. The number of hydrogen-bond donors (Lipinski definition) is 2. The first-order valence-corrected chi connectivity index (χ1v) is 4.16. The number of rotatable bonds is 2. The van der Waals surface area contributed by atoms with Crippen molar-refractivity contribution >= 4 is 11.4 Å². The fourth-order valence-corrected chi connectivity index (χ4v) is 1.19. The Balaban J connectivity index is 3.61. The van der Waals surface area contributed by atoms with E-state index in [4.69, 9.17) is 15.7 Å². The molecule has 18 heavy (non-hydrogen) atoms. The minimum Gasteiger partial charge on any atom is -0.769 e. The molecule has 0 aliphatic carbocycles. The molecule has 0 aromatic heterocycles. The standard InChI is InChI=1S/C8H4F3N3O4/c9-8(10,11)4-1-6(13(15)16)5(3-12)7(2-4)14(17)18/h1-2,15-16H/q-2. The van der Waals surface area contributed by atoms with Crippen molar-refractivity contribution in [2.45, 2.75) is 6.18 Å². The summed E-state index contributed by atoms with van der Waals surface area (Å²) >= 11 is 0. The number of halogens is 3. The van der Waals surface area contributed by atoms with E-state index in [1.54, 1.807) is 0 Å². The largest absolute Gasteiger partial charge is 0.769 e. The number of anilines is 2. The second kappa shape index (κ2) is 4.67. The van der Waals surface area contributed by atoms with E-state index in [-0.39, 0.29) is 12.1 Å². The van der Waals surface area contributed by atoms with Crippen LogP contribution in [0.3, 0.4) is 0 Å². The van der Waals surface area contributed by atoms with Crippen molar-refractivity contribution in [1.29, 1.82) is 5.26 Å². The molecule has 0 saturated carbocycles. The number of nitrogens with zero attached hydrogens (tertiary/aromatic N) is 3. The molecule has 0 aliphatic rings. The molecule has 0 heterocycles. The first-order valence-electron chi connectivity index (χ1n) is 4.16. The number of hydrogen-bond acceptors (Lipinski definition) is 7.